The van der Waals surface area contributed by atoms with Gasteiger partial charge in [-0.15, -0.1) is 11.3 Å². The van der Waals surface area contributed by atoms with E-state index in [4.69, 9.17) is 19.2 Å². The summed E-state index contributed by atoms with van der Waals surface area (Å²) in [6.07, 6.45) is 1.72. The fourth-order valence-electron chi connectivity index (χ4n) is 4.17. The zero-order valence-electron chi connectivity index (χ0n) is 20.8. The van der Waals surface area contributed by atoms with Crippen LogP contribution in [0.3, 0.4) is 0 Å². The van der Waals surface area contributed by atoms with Crippen molar-refractivity contribution in [1.82, 2.24) is 9.88 Å². The Morgan fingerprint density at radius 3 is 2.46 bits per heavy atom. The predicted molar refractivity (Wildman–Crippen MR) is 150 cm³/mol. The number of para-hydroxylation sites is 1. The standard InChI is InChI=1S/C29H28N2O4S2/c1-33-25-12-11-22(17-26(25)34-2)23(18-28(32)31-13-15-35-16-14-31)21-9-7-20(8-10-21)19-36-29-30-24-5-3-4-6-27(24)37-29/h3-12,17-18H,13-16,19H2,1-2H3. The molecule has 6 nitrogen and oxygen atoms in total. The van der Waals surface area contributed by atoms with Crippen molar-refractivity contribution in [3.63, 3.8) is 0 Å². The van der Waals surface area contributed by atoms with E-state index in [0.29, 0.717) is 37.8 Å². The Morgan fingerprint density at radius 2 is 1.73 bits per heavy atom. The normalized spacial score (nSPS) is 14.1. The van der Waals surface area contributed by atoms with E-state index in [0.717, 1.165) is 32.3 Å². The summed E-state index contributed by atoms with van der Waals surface area (Å²) in [4.78, 5) is 19.7. The van der Waals surface area contributed by atoms with Crippen LogP contribution in [-0.2, 0) is 15.3 Å². The van der Waals surface area contributed by atoms with Gasteiger partial charge >= 0.3 is 0 Å². The van der Waals surface area contributed by atoms with Gasteiger partial charge in [0.1, 0.15) is 0 Å². The van der Waals surface area contributed by atoms with Crippen molar-refractivity contribution in [1.29, 1.82) is 0 Å². The molecule has 190 valence electrons. The lowest BCUT2D eigenvalue weighted by Crippen LogP contribution is -2.39. The number of benzene rings is 3. The minimum absolute atomic E-state index is 0.0245. The number of hydrogen-bond donors (Lipinski definition) is 0. The molecule has 3 aromatic carbocycles. The second-order valence-corrected chi connectivity index (χ2v) is 10.8. The number of thiazole rings is 1. The van der Waals surface area contributed by atoms with Crippen molar-refractivity contribution in [3.05, 3.63) is 89.5 Å². The summed E-state index contributed by atoms with van der Waals surface area (Å²) >= 11 is 3.46. The molecule has 0 N–H and O–H groups in total. The minimum atomic E-state index is -0.0245. The topological polar surface area (TPSA) is 60.9 Å². The molecule has 1 fully saturated rings. The molecule has 0 spiro atoms. The first-order valence-corrected chi connectivity index (χ1v) is 13.8. The Balaban J connectivity index is 1.40. The number of aromatic nitrogens is 1. The number of carbonyl (C=O) groups is 1. The number of thioether (sulfide) groups is 1. The third-order valence-electron chi connectivity index (χ3n) is 6.19. The molecule has 1 aliphatic heterocycles. The number of carbonyl (C=O) groups excluding carboxylic acids is 1. The highest BCUT2D eigenvalue weighted by molar-refractivity contribution is 8.00. The van der Waals surface area contributed by atoms with Crippen LogP contribution >= 0.6 is 23.1 Å². The molecule has 8 heteroatoms. The Morgan fingerprint density at radius 1 is 1.00 bits per heavy atom. The van der Waals surface area contributed by atoms with Crippen LogP contribution in [0.4, 0.5) is 0 Å². The van der Waals surface area contributed by atoms with E-state index >= 15 is 0 Å². The maximum absolute atomic E-state index is 13.2. The molecular formula is C29H28N2O4S2. The Labute approximate surface area is 224 Å². The van der Waals surface area contributed by atoms with Crippen LogP contribution < -0.4 is 9.47 Å². The Hall–Kier alpha value is -3.33. The summed E-state index contributed by atoms with van der Waals surface area (Å²) in [6.45, 7) is 2.31. The average molecular weight is 533 g/mol. The molecule has 0 bridgehead atoms. The van der Waals surface area contributed by atoms with Gasteiger partial charge in [-0.2, -0.15) is 0 Å². The van der Waals surface area contributed by atoms with Crippen molar-refractivity contribution in [2.24, 2.45) is 0 Å². The molecule has 0 unspecified atom stereocenters. The van der Waals surface area contributed by atoms with E-state index in [2.05, 4.69) is 30.3 Å². The van der Waals surface area contributed by atoms with Gasteiger partial charge in [0.05, 0.1) is 37.6 Å². The second-order valence-electron chi connectivity index (χ2n) is 8.50. The summed E-state index contributed by atoms with van der Waals surface area (Å²) in [7, 11) is 3.23. The Kier molecular flexibility index (Phi) is 8.08. The van der Waals surface area contributed by atoms with Gasteiger partial charge < -0.3 is 19.1 Å². The highest BCUT2D eigenvalue weighted by atomic mass is 32.2. The van der Waals surface area contributed by atoms with Crippen LogP contribution in [0, 0.1) is 0 Å². The van der Waals surface area contributed by atoms with Crippen LogP contribution in [0.1, 0.15) is 16.7 Å². The lowest BCUT2D eigenvalue weighted by Gasteiger charge is -2.26. The zero-order valence-corrected chi connectivity index (χ0v) is 22.4. The molecule has 1 aromatic heterocycles. The van der Waals surface area contributed by atoms with E-state index in [1.807, 2.05) is 41.3 Å². The lowest BCUT2D eigenvalue weighted by molar-refractivity contribution is -0.129. The van der Waals surface area contributed by atoms with Gasteiger partial charge in [-0.25, -0.2) is 4.98 Å². The maximum atomic E-state index is 13.2. The summed E-state index contributed by atoms with van der Waals surface area (Å²) in [5, 5.41) is 0. The van der Waals surface area contributed by atoms with Crippen molar-refractivity contribution in [2.45, 2.75) is 10.1 Å². The summed E-state index contributed by atoms with van der Waals surface area (Å²) < 4.78 is 18.6. The number of ether oxygens (including phenoxy) is 3. The number of rotatable bonds is 8. The number of hydrogen-bond acceptors (Lipinski definition) is 7. The van der Waals surface area contributed by atoms with E-state index < -0.39 is 0 Å². The molecular weight excluding hydrogens is 504 g/mol. The molecule has 0 radical (unpaired) electrons. The molecule has 5 rings (SSSR count). The van der Waals surface area contributed by atoms with Gasteiger partial charge in [0.25, 0.3) is 0 Å². The number of nitrogens with zero attached hydrogens (tertiary/aromatic N) is 2. The minimum Gasteiger partial charge on any atom is -0.493 e. The first-order valence-electron chi connectivity index (χ1n) is 12.0. The second kappa shape index (κ2) is 11.8. The smallest absolute Gasteiger partial charge is 0.247 e. The first kappa shape index (κ1) is 25.3. The van der Waals surface area contributed by atoms with Gasteiger partial charge in [0.2, 0.25) is 5.91 Å². The van der Waals surface area contributed by atoms with E-state index in [9.17, 15) is 4.79 Å². The van der Waals surface area contributed by atoms with E-state index in [-0.39, 0.29) is 5.91 Å². The van der Waals surface area contributed by atoms with Crippen molar-refractivity contribution in [2.75, 3.05) is 40.5 Å². The first-order chi connectivity index (χ1) is 18.1. The van der Waals surface area contributed by atoms with Crippen LogP contribution in [0.2, 0.25) is 0 Å². The fourth-order valence-corrected chi connectivity index (χ4v) is 6.20. The number of amides is 1. The number of morpholine rings is 1. The molecule has 37 heavy (non-hydrogen) atoms. The molecule has 1 saturated heterocycles. The maximum Gasteiger partial charge on any atom is 0.247 e. The van der Waals surface area contributed by atoms with E-state index in [1.165, 1.54) is 10.3 Å². The highest BCUT2D eigenvalue weighted by Gasteiger charge is 2.18. The molecule has 2 heterocycles. The van der Waals surface area contributed by atoms with Crippen LogP contribution in [0.15, 0.2) is 77.1 Å². The fraction of sp³-hybridized carbons (Fsp3) is 0.241. The zero-order chi connectivity index (χ0) is 25.6. The summed E-state index contributed by atoms with van der Waals surface area (Å²) in [5.41, 5.74) is 4.92. The van der Waals surface area contributed by atoms with Crippen LogP contribution in [0.5, 0.6) is 11.5 Å². The predicted octanol–water partition coefficient (Wildman–Crippen LogP) is 5.90. The molecule has 0 atom stereocenters. The number of fused-ring (bicyclic) bond motifs is 1. The monoisotopic (exact) mass is 532 g/mol. The Bertz CT molecular complexity index is 1380. The summed E-state index contributed by atoms with van der Waals surface area (Å²) in [5.74, 6) is 2.06. The van der Waals surface area contributed by atoms with Crippen molar-refractivity contribution >= 4 is 44.8 Å². The van der Waals surface area contributed by atoms with E-state index in [1.54, 1.807) is 43.4 Å². The van der Waals surface area contributed by atoms with Crippen LogP contribution in [-0.4, -0.2) is 56.3 Å². The molecule has 4 aromatic rings. The van der Waals surface area contributed by atoms with Crippen LogP contribution in [0.25, 0.3) is 15.8 Å². The van der Waals surface area contributed by atoms with Gasteiger partial charge in [-0.05, 0) is 46.5 Å². The molecule has 1 amide bonds. The van der Waals surface area contributed by atoms with Gasteiger partial charge in [0, 0.05) is 24.9 Å². The van der Waals surface area contributed by atoms with Gasteiger partial charge in [-0.3, -0.25) is 4.79 Å². The van der Waals surface area contributed by atoms with Gasteiger partial charge in [-0.1, -0.05) is 54.2 Å². The third kappa shape index (κ3) is 5.98. The largest absolute Gasteiger partial charge is 0.493 e. The summed E-state index contributed by atoms with van der Waals surface area (Å²) in [6, 6.07) is 22.3. The number of methoxy groups -OCH3 is 2. The SMILES string of the molecule is COc1ccc(C(=CC(=O)N2CCOCC2)c2ccc(CSc3nc4ccccc4s3)cc2)cc1OC. The average Bonchev–Trinajstić information content (AvgIpc) is 3.38. The molecule has 0 saturated carbocycles. The van der Waals surface area contributed by atoms with Crippen molar-refractivity contribution < 1.29 is 19.0 Å². The third-order valence-corrected chi connectivity index (χ3v) is 8.44. The molecule has 1 aliphatic rings. The lowest BCUT2D eigenvalue weighted by atomic mass is 9.96. The highest BCUT2D eigenvalue weighted by Crippen LogP contribution is 2.34. The van der Waals surface area contributed by atoms with Gasteiger partial charge in [0.15, 0.2) is 15.8 Å². The quantitative estimate of drug-likeness (QED) is 0.208. The molecule has 0 aliphatic carbocycles. The van der Waals surface area contributed by atoms with Crippen molar-refractivity contribution in [3.8, 4) is 11.5 Å².